The zero-order chi connectivity index (χ0) is 13.5. The molecule has 1 amide bonds. The lowest BCUT2D eigenvalue weighted by molar-refractivity contribution is 0.0239. The van der Waals surface area contributed by atoms with Crippen LogP contribution in [0.3, 0.4) is 0 Å². The average Bonchev–Trinajstić information content (AvgIpc) is 2.56. The van der Waals surface area contributed by atoms with Gasteiger partial charge in [0.05, 0.1) is 6.54 Å². The van der Waals surface area contributed by atoms with Crippen molar-refractivity contribution < 1.29 is 9.53 Å². The van der Waals surface area contributed by atoms with Crippen molar-refractivity contribution in [2.24, 2.45) is 0 Å². The molecule has 1 heterocycles. The van der Waals surface area contributed by atoms with Crippen LogP contribution in [0.5, 0.6) is 0 Å². The zero-order valence-corrected chi connectivity index (χ0v) is 13.7. The Morgan fingerprint density at radius 1 is 1.44 bits per heavy atom. The second-order valence-electron chi connectivity index (χ2n) is 5.25. The minimum absolute atomic E-state index is 0.125. The number of alkyl halides is 1. The van der Waals surface area contributed by atoms with Gasteiger partial charge in [-0.25, -0.2) is 4.79 Å². The van der Waals surface area contributed by atoms with Crippen LogP contribution in [0.15, 0.2) is 22.7 Å². The summed E-state index contributed by atoms with van der Waals surface area (Å²) in [6.45, 7) is 6.16. The molecule has 1 atom stereocenters. The first kappa shape index (κ1) is 13.9. The highest BCUT2D eigenvalue weighted by Gasteiger charge is 2.35. The van der Waals surface area contributed by atoms with E-state index < -0.39 is 5.60 Å². The van der Waals surface area contributed by atoms with Crippen molar-refractivity contribution in [2.45, 2.75) is 37.9 Å². The van der Waals surface area contributed by atoms with E-state index in [0.717, 1.165) is 15.6 Å². The van der Waals surface area contributed by atoms with Crippen LogP contribution in [0.2, 0.25) is 0 Å². The third-order valence-corrected chi connectivity index (χ3v) is 4.37. The highest BCUT2D eigenvalue weighted by molar-refractivity contribution is 9.10. The number of carbonyl (C=O) groups is 1. The fourth-order valence-electron chi connectivity index (χ4n) is 1.86. The number of carbonyl (C=O) groups excluding carboxylic acids is 1. The summed E-state index contributed by atoms with van der Waals surface area (Å²) < 4.78 is 6.43. The molecule has 5 heteroatoms. The molecule has 1 aromatic rings. The van der Waals surface area contributed by atoms with E-state index in [1.54, 1.807) is 4.90 Å². The fourth-order valence-corrected chi connectivity index (χ4v) is 3.11. The van der Waals surface area contributed by atoms with E-state index in [1.807, 2.05) is 39.0 Å². The number of benzene rings is 1. The van der Waals surface area contributed by atoms with E-state index in [0.29, 0.717) is 6.54 Å². The third kappa shape index (κ3) is 2.72. The standard InChI is InChI=1S/C13H15Br2NO2/c1-13(2,3)18-12(17)16-7-9-8(11(16)15)5-4-6-10(9)14/h4-6,11H,7H2,1-3H3. The molecule has 1 aromatic carbocycles. The SMILES string of the molecule is CC(C)(C)OC(=O)N1Cc2c(Br)cccc2C1Br. The average molecular weight is 377 g/mol. The van der Waals surface area contributed by atoms with Crippen molar-refractivity contribution in [1.29, 1.82) is 0 Å². The zero-order valence-electron chi connectivity index (χ0n) is 10.5. The fraction of sp³-hybridized carbons (Fsp3) is 0.462. The van der Waals surface area contributed by atoms with Crippen LogP contribution in [0.25, 0.3) is 0 Å². The highest BCUT2D eigenvalue weighted by atomic mass is 79.9. The van der Waals surface area contributed by atoms with Crippen LogP contribution in [0.4, 0.5) is 4.79 Å². The Hall–Kier alpha value is -0.550. The molecule has 18 heavy (non-hydrogen) atoms. The maximum atomic E-state index is 12.1. The summed E-state index contributed by atoms with van der Waals surface area (Å²) >= 11 is 7.06. The number of hydrogen-bond donors (Lipinski definition) is 0. The largest absolute Gasteiger partial charge is 0.444 e. The van der Waals surface area contributed by atoms with Gasteiger partial charge in [0.15, 0.2) is 0 Å². The quantitative estimate of drug-likeness (QED) is 0.489. The Labute approximate surface area is 124 Å². The van der Waals surface area contributed by atoms with Gasteiger partial charge in [0, 0.05) is 4.47 Å². The van der Waals surface area contributed by atoms with Crippen molar-refractivity contribution in [3.8, 4) is 0 Å². The molecule has 2 rings (SSSR count). The lowest BCUT2D eigenvalue weighted by Gasteiger charge is -2.26. The van der Waals surface area contributed by atoms with Crippen LogP contribution >= 0.6 is 31.9 Å². The predicted molar refractivity (Wildman–Crippen MR) is 77.6 cm³/mol. The molecule has 0 spiro atoms. The molecule has 1 unspecified atom stereocenters. The normalized spacial score (nSPS) is 18.7. The summed E-state index contributed by atoms with van der Waals surface area (Å²) in [4.78, 5) is 13.7. The summed E-state index contributed by atoms with van der Waals surface area (Å²) in [5.74, 6) is 0. The van der Waals surface area contributed by atoms with Crippen molar-refractivity contribution in [1.82, 2.24) is 4.90 Å². The first-order chi connectivity index (χ1) is 8.29. The lowest BCUT2D eigenvalue weighted by atomic mass is 10.1. The van der Waals surface area contributed by atoms with Gasteiger partial charge in [-0.05, 0) is 38.0 Å². The summed E-state index contributed by atoms with van der Waals surface area (Å²) in [5.41, 5.74) is 1.76. The molecule has 0 radical (unpaired) electrons. The Morgan fingerprint density at radius 2 is 2.11 bits per heavy atom. The van der Waals surface area contributed by atoms with Gasteiger partial charge in [-0.1, -0.05) is 44.0 Å². The summed E-state index contributed by atoms with van der Waals surface area (Å²) in [7, 11) is 0. The second kappa shape index (κ2) is 4.85. The Morgan fingerprint density at radius 3 is 2.67 bits per heavy atom. The molecule has 3 nitrogen and oxygen atoms in total. The van der Waals surface area contributed by atoms with Crippen molar-refractivity contribution >= 4 is 38.0 Å². The summed E-state index contributed by atoms with van der Waals surface area (Å²) in [6.07, 6.45) is -0.299. The maximum Gasteiger partial charge on any atom is 0.411 e. The first-order valence-electron chi connectivity index (χ1n) is 5.70. The third-order valence-electron chi connectivity index (χ3n) is 2.64. The smallest absolute Gasteiger partial charge is 0.411 e. The number of amides is 1. The molecule has 0 saturated carbocycles. The van der Waals surface area contributed by atoms with Gasteiger partial charge < -0.3 is 4.74 Å². The van der Waals surface area contributed by atoms with Crippen molar-refractivity contribution in [3.63, 3.8) is 0 Å². The van der Waals surface area contributed by atoms with Crippen LogP contribution in [0.1, 0.15) is 36.8 Å². The summed E-state index contributed by atoms with van der Waals surface area (Å²) in [6, 6.07) is 5.97. The van der Waals surface area contributed by atoms with Gasteiger partial charge >= 0.3 is 6.09 Å². The monoisotopic (exact) mass is 375 g/mol. The second-order valence-corrected chi connectivity index (χ2v) is 6.97. The molecule has 0 fully saturated rings. The molecular weight excluding hydrogens is 362 g/mol. The molecule has 0 aromatic heterocycles. The lowest BCUT2D eigenvalue weighted by Crippen LogP contribution is -2.34. The first-order valence-corrected chi connectivity index (χ1v) is 7.41. The summed E-state index contributed by atoms with van der Waals surface area (Å²) in [5, 5.41) is 0. The molecular formula is C13H15Br2NO2. The molecule has 1 aliphatic heterocycles. The Bertz CT molecular complexity index is 482. The molecule has 0 bridgehead atoms. The van der Waals surface area contributed by atoms with Gasteiger partial charge in [0.25, 0.3) is 0 Å². The number of ether oxygens (including phenoxy) is 1. The van der Waals surface area contributed by atoms with Crippen molar-refractivity contribution in [2.75, 3.05) is 0 Å². The molecule has 1 aliphatic rings. The van der Waals surface area contributed by atoms with E-state index in [4.69, 9.17) is 4.74 Å². The Balaban J connectivity index is 2.21. The predicted octanol–water partition coefficient (Wildman–Crippen LogP) is 4.59. The molecule has 0 N–H and O–H groups in total. The number of halogens is 2. The minimum Gasteiger partial charge on any atom is -0.444 e. The molecule has 0 saturated heterocycles. The number of hydrogen-bond acceptors (Lipinski definition) is 2. The van der Waals surface area contributed by atoms with Crippen LogP contribution in [-0.2, 0) is 11.3 Å². The topological polar surface area (TPSA) is 29.5 Å². The number of rotatable bonds is 0. The number of nitrogens with zero attached hydrogens (tertiary/aromatic N) is 1. The Kier molecular flexibility index (Phi) is 3.74. The van der Waals surface area contributed by atoms with Gasteiger partial charge in [-0.3, -0.25) is 4.90 Å². The van der Waals surface area contributed by atoms with E-state index in [-0.39, 0.29) is 11.0 Å². The van der Waals surface area contributed by atoms with E-state index >= 15 is 0 Å². The van der Waals surface area contributed by atoms with Gasteiger partial charge in [0.1, 0.15) is 10.6 Å². The van der Waals surface area contributed by atoms with E-state index in [1.165, 1.54) is 0 Å². The molecule has 98 valence electrons. The van der Waals surface area contributed by atoms with Crippen LogP contribution < -0.4 is 0 Å². The maximum absolute atomic E-state index is 12.1. The van der Waals surface area contributed by atoms with Gasteiger partial charge in [-0.15, -0.1) is 0 Å². The van der Waals surface area contributed by atoms with Crippen molar-refractivity contribution in [3.05, 3.63) is 33.8 Å². The molecule has 0 aliphatic carbocycles. The minimum atomic E-state index is -0.476. The highest BCUT2D eigenvalue weighted by Crippen LogP contribution is 2.41. The van der Waals surface area contributed by atoms with Crippen LogP contribution in [0, 0.1) is 0 Å². The van der Waals surface area contributed by atoms with E-state index in [2.05, 4.69) is 31.9 Å². The number of fused-ring (bicyclic) bond motifs is 1. The van der Waals surface area contributed by atoms with Gasteiger partial charge in [-0.2, -0.15) is 0 Å². The van der Waals surface area contributed by atoms with E-state index in [9.17, 15) is 4.79 Å². The van der Waals surface area contributed by atoms with Crippen LogP contribution in [-0.4, -0.2) is 16.6 Å². The van der Waals surface area contributed by atoms with Gasteiger partial charge in [0.2, 0.25) is 0 Å².